The summed E-state index contributed by atoms with van der Waals surface area (Å²) in [6.07, 6.45) is 0. The Morgan fingerprint density at radius 2 is 1.46 bits per heavy atom. The highest BCUT2D eigenvalue weighted by atomic mass is 31.2. The van der Waals surface area contributed by atoms with E-state index in [0.717, 1.165) is 6.66 Å². The molecule has 0 saturated carbocycles. The predicted octanol–water partition coefficient (Wildman–Crippen LogP) is 1.80. The van der Waals surface area contributed by atoms with E-state index in [4.69, 9.17) is 4.89 Å². The molecule has 5 heteroatoms. The van der Waals surface area contributed by atoms with E-state index >= 15 is 0 Å². The predicted molar refractivity (Wildman–Crippen MR) is 56.2 cm³/mol. The minimum Gasteiger partial charge on any atom is -0.324 e. The summed E-state index contributed by atoms with van der Waals surface area (Å²) in [5.74, 6) is 0. The summed E-state index contributed by atoms with van der Waals surface area (Å²) < 4.78 is 14.0. The number of rotatable bonds is 4. The Hall–Kier alpha value is 0.110. The van der Waals surface area contributed by atoms with Crippen molar-refractivity contribution < 1.29 is 14.0 Å². The van der Waals surface area contributed by atoms with Crippen LogP contribution in [0.3, 0.4) is 0 Å². The van der Waals surface area contributed by atoms with Crippen molar-refractivity contribution in [2.45, 2.75) is 20.8 Å². The average Bonchev–Trinajstić information content (AvgIpc) is 2.07. The van der Waals surface area contributed by atoms with Crippen LogP contribution in [0.25, 0.3) is 0 Å². The van der Waals surface area contributed by atoms with Crippen LogP contribution in [-0.4, -0.2) is 43.2 Å². The molecule has 1 atom stereocenters. The van der Waals surface area contributed by atoms with E-state index in [1.54, 1.807) is 0 Å². The molecule has 0 aliphatic rings. The fourth-order valence-corrected chi connectivity index (χ4v) is 0.671. The van der Waals surface area contributed by atoms with Gasteiger partial charge in [-0.15, -0.1) is 0 Å². The Morgan fingerprint density at radius 3 is 1.46 bits per heavy atom. The van der Waals surface area contributed by atoms with Crippen LogP contribution < -0.4 is 0 Å². The Bertz CT molecular complexity index is 137. The highest BCUT2D eigenvalue weighted by Gasteiger charge is 2.02. The van der Waals surface area contributed by atoms with E-state index in [1.165, 1.54) is 26.7 Å². The molecule has 4 nitrogen and oxygen atoms in total. The van der Waals surface area contributed by atoms with Crippen LogP contribution in [0.2, 0.25) is 0 Å². The molecule has 0 aliphatic heterocycles. The van der Waals surface area contributed by atoms with Gasteiger partial charge in [-0.1, -0.05) is 20.8 Å². The number of hydrogen-bond acceptors (Lipinski definition) is 3. The van der Waals surface area contributed by atoms with Gasteiger partial charge in [-0.25, -0.2) is 0 Å². The third-order valence-corrected chi connectivity index (χ3v) is 2.36. The monoisotopic (exact) mass is 211 g/mol. The molecule has 0 bridgehead atoms. The van der Waals surface area contributed by atoms with Crippen LogP contribution in [0.15, 0.2) is 0 Å². The van der Waals surface area contributed by atoms with Crippen LogP contribution in [0.5, 0.6) is 0 Å². The molecular formula is C8H22NO3P. The topological polar surface area (TPSA) is 49.8 Å². The van der Waals surface area contributed by atoms with Crippen LogP contribution in [0.1, 0.15) is 20.8 Å². The molecule has 0 aromatic heterocycles. The summed E-state index contributed by atoms with van der Waals surface area (Å²) in [5.41, 5.74) is 0. The Balaban J connectivity index is 0. The van der Waals surface area contributed by atoms with Crippen molar-refractivity contribution >= 4 is 7.60 Å². The van der Waals surface area contributed by atoms with E-state index in [2.05, 4.69) is 30.2 Å². The SMILES string of the molecule is CCN(CC)CC.COP(C)(=O)O. The second-order valence-electron chi connectivity index (χ2n) is 2.61. The first-order chi connectivity index (χ1) is 5.91. The molecule has 0 spiro atoms. The quantitative estimate of drug-likeness (QED) is 0.720. The maximum Gasteiger partial charge on any atom is 0.324 e. The van der Waals surface area contributed by atoms with Gasteiger partial charge in [0, 0.05) is 13.8 Å². The van der Waals surface area contributed by atoms with Gasteiger partial charge in [-0.05, 0) is 19.6 Å². The molecule has 13 heavy (non-hydrogen) atoms. The summed E-state index contributed by atoms with van der Waals surface area (Å²) >= 11 is 0. The minimum atomic E-state index is -3.15. The Morgan fingerprint density at radius 1 is 1.23 bits per heavy atom. The van der Waals surface area contributed by atoms with Crippen LogP contribution in [0, 0.1) is 0 Å². The summed E-state index contributed by atoms with van der Waals surface area (Å²) in [4.78, 5) is 10.5. The van der Waals surface area contributed by atoms with E-state index in [9.17, 15) is 4.57 Å². The van der Waals surface area contributed by atoms with Gasteiger partial charge in [-0.3, -0.25) is 4.57 Å². The van der Waals surface area contributed by atoms with Crippen LogP contribution in [-0.2, 0) is 9.09 Å². The third kappa shape index (κ3) is 14.9. The van der Waals surface area contributed by atoms with Crippen molar-refractivity contribution in [1.82, 2.24) is 4.90 Å². The molecule has 0 amide bonds. The molecule has 0 aromatic rings. The van der Waals surface area contributed by atoms with Gasteiger partial charge in [0.1, 0.15) is 0 Å². The lowest BCUT2D eigenvalue weighted by Gasteiger charge is -2.13. The molecule has 0 aliphatic carbocycles. The molecule has 0 aromatic carbocycles. The van der Waals surface area contributed by atoms with E-state index in [1.807, 2.05) is 0 Å². The number of nitrogens with zero attached hydrogens (tertiary/aromatic N) is 1. The van der Waals surface area contributed by atoms with Crippen molar-refractivity contribution in [3.05, 3.63) is 0 Å². The van der Waals surface area contributed by atoms with Crippen LogP contribution >= 0.6 is 7.60 Å². The smallest absolute Gasteiger partial charge is 0.324 e. The first-order valence-corrected chi connectivity index (χ1v) is 6.52. The second-order valence-corrected chi connectivity index (χ2v) is 4.58. The summed E-state index contributed by atoms with van der Waals surface area (Å²) in [6.45, 7) is 11.3. The van der Waals surface area contributed by atoms with Crippen molar-refractivity contribution in [2.24, 2.45) is 0 Å². The average molecular weight is 211 g/mol. The van der Waals surface area contributed by atoms with E-state index < -0.39 is 7.60 Å². The van der Waals surface area contributed by atoms with Gasteiger partial charge in [0.2, 0.25) is 0 Å². The second kappa shape index (κ2) is 8.70. The molecule has 1 unspecified atom stereocenters. The zero-order chi connectivity index (χ0) is 10.9. The highest BCUT2D eigenvalue weighted by molar-refractivity contribution is 7.51. The zero-order valence-corrected chi connectivity index (χ0v) is 10.2. The zero-order valence-electron chi connectivity index (χ0n) is 9.28. The minimum absolute atomic E-state index is 1.13. The molecule has 0 rings (SSSR count). The first kappa shape index (κ1) is 15.6. The van der Waals surface area contributed by atoms with Gasteiger partial charge in [0.15, 0.2) is 0 Å². The van der Waals surface area contributed by atoms with Gasteiger partial charge in [0.05, 0.1) is 0 Å². The molecule has 1 N–H and O–H groups in total. The van der Waals surface area contributed by atoms with Gasteiger partial charge >= 0.3 is 7.60 Å². The van der Waals surface area contributed by atoms with Gasteiger partial charge < -0.3 is 14.3 Å². The van der Waals surface area contributed by atoms with Gasteiger partial charge in [0.25, 0.3) is 0 Å². The van der Waals surface area contributed by atoms with E-state index in [0.29, 0.717) is 0 Å². The Labute approximate surface area is 81.4 Å². The van der Waals surface area contributed by atoms with Crippen molar-refractivity contribution in [1.29, 1.82) is 0 Å². The molecule has 0 radical (unpaired) electrons. The maximum absolute atomic E-state index is 9.92. The standard InChI is InChI=1S/C6H15N.C2H7O3P/c1-4-7(5-2)6-3;1-5-6(2,3)4/h4-6H2,1-3H3;1-2H3,(H,3,4). The fourth-order valence-electron chi connectivity index (χ4n) is 0.671. The summed E-state index contributed by atoms with van der Waals surface area (Å²) in [7, 11) is -1.95. The molecule has 0 heterocycles. The molecule has 0 fully saturated rings. The van der Waals surface area contributed by atoms with Crippen LogP contribution in [0.4, 0.5) is 0 Å². The molecule has 82 valence electrons. The molecular weight excluding hydrogens is 189 g/mol. The fraction of sp³-hybridized carbons (Fsp3) is 1.00. The third-order valence-electron chi connectivity index (χ3n) is 1.68. The lowest BCUT2D eigenvalue weighted by atomic mass is 10.5. The maximum atomic E-state index is 9.92. The normalized spacial score (nSPS) is 14.7. The van der Waals surface area contributed by atoms with Crippen molar-refractivity contribution in [2.75, 3.05) is 33.4 Å². The lowest BCUT2D eigenvalue weighted by molar-refractivity contribution is 0.321. The molecule has 0 saturated heterocycles. The van der Waals surface area contributed by atoms with Crippen molar-refractivity contribution in [3.63, 3.8) is 0 Å². The van der Waals surface area contributed by atoms with E-state index in [-0.39, 0.29) is 0 Å². The van der Waals surface area contributed by atoms with Gasteiger partial charge in [-0.2, -0.15) is 0 Å². The van der Waals surface area contributed by atoms with Crippen molar-refractivity contribution in [3.8, 4) is 0 Å². The summed E-state index contributed by atoms with van der Waals surface area (Å²) in [5, 5.41) is 0. The first-order valence-electron chi connectivity index (χ1n) is 4.49. The highest BCUT2D eigenvalue weighted by Crippen LogP contribution is 2.34. The lowest BCUT2D eigenvalue weighted by Crippen LogP contribution is -2.21. The largest absolute Gasteiger partial charge is 0.324 e. The summed E-state index contributed by atoms with van der Waals surface area (Å²) in [6, 6.07) is 0. The number of hydrogen-bond donors (Lipinski definition) is 1. The Kier molecular flexibility index (Phi) is 10.4.